The van der Waals surface area contributed by atoms with Gasteiger partial charge >= 0.3 is 6.03 Å². The Labute approximate surface area is 189 Å². The molecule has 3 rings (SSSR count). The van der Waals surface area contributed by atoms with E-state index in [0.29, 0.717) is 17.8 Å². The third-order valence-corrected chi connectivity index (χ3v) is 5.17. The van der Waals surface area contributed by atoms with Gasteiger partial charge in [0.15, 0.2) is 0 Å². The molecule has 32 heavy (non-hydrogen) atoms. The SMILES string of the molecule is CCc1ccccc1NC(=O)Nc1ccc(N(C)C)c(C(=O)NCCc2ccccc2)c1. The molecule has 0 saturated heterocycles. The predicted molar refractivity (Wildman–Crippen MR) is 132 cm³/mol. The van der Waals surface area contributed by atoms with Crippen molar-refractivity contribution in [3.63, 3.8) is 0 Å². The van der Waals surface area contributed by atoms with Crippen molar-refractivity contribution in [3.8, 4) is 0 Å². The van der Waals surface area contributed by atoms with Gasteiger partial charge in [-0.05, 0) is 48.2 Å². The Bertz CT molecular complexity index is 1060. The van der Waals surface area contributed by atoms with Gasteiger partial charge in [0.1, 0.15) is 0 Å². The molecule has 3 N–H and O–H groups in total. The van der Waals surface area contributed by atoms with E-state index in [1.54, 1.807) is 12.1 Å². The summed E-state index contributed by atoms with van der Waals surface area (Å²) in [4.78, 5) is 27.3. The monoisotopic (exact) mass is 430 g/mol. The first-order valence-electron chi connectivity index (χ1n) is 10.8. The van der Waals surface area contributed by atoms with E-state index in [1.807, 2.05) is 86.6 Å². The second kappa shape index (κ2) is 11.0. The van der Waals surface area contributed by atoms with Crippen LogP contribution in [0.15, 0.2) is 72.8 Å². The minimum absolute atomic E-state index is 0.176. The maximum Gasteiger partial charge on any atom is 0.323 e. The molecular formula is C26H30N4O2. The maximum absolute atomic E-state index is 12.9. The number of hydrogen-bond donors (Lipinski definition) is 3. The number of carbonyl (C=O) groups excluding carboxylic acids is 2. The largest absolute Gasteiger partial charge is 0.377 e. The van der Waals surface area contributed by atoms with Gasteiger partial charge in [0.05, 0.1) is 5.56 Å². The molecule has 0 aliphatic heterocycles. The smallest absolute Gasteiger partial charge is 0.323 e. The Hall–Kier alpha value is -3.80. The third kappa shape index (κ3) is 6.11. The van der Waals surface area contributed by atoms with Crippen LogP contribution in [-0.4, -0.2) is 32.6 Å². The molecule has 3 aromatic carbocycles. The van der Waals surface area contributed by atoms with Crippen molar-refractivity contribution >= 4 is 29.0 Å². The summed E-state index contributed by atoms with van der Waals surface area (Å²) in [6.45, 7) is 2.57. The highest BCUT2D eigenvalue weighted by Crippen LogP contribution is 2.23. The van der Waals surface area contributed by atoms with Gasteiger partial charge in [-0.3, -0.25) is 4.79 Å². The van der Waals surface area contributed by atoms with Crippen LogP contribution in [0.5, 0.6) is 0 Å². The molecule has 0 aromatic heterocycles. The summed E-state index contributed by atoms with van der Waals surface area (Å²) < 4.78 is 0. The lowest BCUT2D eigenvalue weighted by Gasteiger charge is -2.19. The highest BCUT2D eigenvalue weighted by atomic mass is 16.2. The highest BCUT2D eigenvalue weighted by molar-refractivity contribution is 6.04. The average molecular weight is 431 g/mol. The zero-order valence-corrected chi connectivity index (χ0v) is 18.8. The minimum atomic E-state index is -0.348. The number of urea groups is 1. The number of hydrogen-bond acceptors (Lipinski definition) is 3. The van der Waals surface area contributed by atoms with Crippen molar-refractivity contribution in [2.75, 3.05) is 36.2 Å². The fourth-order valence-electron chi connectivity index (χ4n) is 3.48. The Balaban J connectivity index is 1.69. The van der Waals surface area contributed by atoms with E-state index in [-0.39, 0.29) is 11.9 Å². The van der Waals surface area contributed by atoms with Crippen LogP contribution in [0, 0.1) is 0 Å². The number of rotatable bonds is 8. The van der Waals surface area contributed by atoms with Crippen LogP contribution < -0.4 is 20.9 Å². The van der Waals surface area contributed by atoms with E-state index in [0.717, 1.165) is 29.8 Å². The molecule has 3 aromatic rings. The predicted octanol–water partition coefficient (Wildman–Crippen LogP) is 4.93. The summed E-state index contributed by atoms with van der Waals surface area (Å²) in [7, 11) is 3.77. The molecule has 0 spiro atoms. The Morgan fingerprint density at radius 1 is 0.875 bits per heavy atom. The number of nitrogens with one attached hydrogen (secondary N) is 3. The van der Waals surface area contributed by atoms with E-state index in [2.05, 4.69) is 16.0 Å². The average Bonchev–Trinajstić information content (AvgIpc) is 2.79. The molecule has 0 aliphatic rings. The van der Waals surface area contributed by atoms with E-state index in [9.17, 15) is 9.59 Å². The number of nitrogens with zero attached hydrogens (tertiary/aromatic N) is 1. The Morgan fingerprint density at radius 2 is 1.59 bits per heavy atom. The van der Waals surface area contributed by atoms with E-state index in [1.165, 1.54) is 5.56 Å². The van der Waals surface area contributed by atoms with Crippen LogP contribution >= 0.6 is 0 Å². The molecule has 0 radical (unpaired) electrons. The molecule has 3 amide bonds. The van der Waals surface area contributed by atoms with Crippen molar-refractivity contribution < 1.29 is 9.59 Å². The van der Waals surface area contributed by atoms with E-state index >= 15 is 0 Å². The number of benzene rings is 3. The first-order valence-corrected chi connectivity index (χ1v) is 10.8. The first-order chi connectivity index (χ1) is 15.5. The lowest BCUT2D eigenvalue weighted by molar-refractivity contribution is 0.0954. The molecule has 0 fully saturated rings. The highest BCUT2D eigenvalue weighted by Gasteiger charge is 2.15. The third-order valence-electron chi connectivity index (χ3n) is 5.17. The van der Waals surface area contributed by atoms with Gasteiger partial charge in [-0.1, -0.05) is 55.5 Å². The number of anilines is 3. The molecule has 6 heteroatoms. The fraction of sp³-hybridized carbons (Fsp3) is 0.231. The van der Waals surface area contributed by atoms with Crippen LogP contribution in [0.1, 0.15) is 28.4 Å². The molecular weight excluding hydrogens is 400 g/mol. The van der Waals surface area contributed by atoms with Gasteiger partial charge in [0.25, 0.3) is 5.91 Å². The molecule has 0 saturated carbocycles. The summed E-state index contributed by atoms with van der Waals surface area (Å²) in [5.74, 6) is -0.176. The molecule has 0 heterocycles. The second-order valence-electron chi connectivity index (χ2n) is 7.71. The number of aryl methyl sites for hydroxylation is 1. The minimum Gasteiger partial charge on any atom is -0.377 e. The van der Waals surface area contributed by atoms with Gasteiger partial charge in [0.2, 0.25) is 0 Å². The van der Waals surface area contributed by atoms with Gasteiger partial charge in [-0.2, -0.15) is 0 Å². The molecule has 0 bridgehead atoms. The molecule has 0 unspecified atom stereocenters. The quantitative estimate of drug-likeness (QED) is 0.474. The fourth-order valence-corrected chi connectivity index (χ4v) is 3.48. The van der Waals surface area contributed by atoms with Crippen molar-refractivity contribution in [1.82, 2.24) is 5.32 Å². The lowest BCUT2D eigenvalue weighted by atomic mass is 10.1. The summed E-state index contributed by atoms with van der Waals surface area (Å²) in [6, 6.07) is 22.7. The standard InChI is InChI=1S/C26H30N4O2/c1-4-20-12-8-9-13-23(20)29-26(32)28-21-14-15-24(30(2)3)22(18-21)25(31)27-17-16-19-10-6-5-7-11-19/h5-15,18H,4,16-17H2,1-3H3,(H,27,31)(H2,28,29,32). The van der Waals surface area contributed by atoms with Crippen LogP contribution in [0.3, 0.4) is 0 Å². The molecule has 6 nitrogen and oxygen atoms in total. The Kier molecular flexibility index (Phi) is 7.86. The number of carbonyl (C=O) groups is 2. The Morgan fingerprint density at radius 3 is 2.31 bits per heavy atom. The van der Waals surface area contributed by atoms with Crippen LogP contribution in [0.4, 0.5) is 21.9 Å². The second-order valence-corrected chi connectivity index (χ2v) is 7.71. The van der Waals surface area contributed by atoms with Gasteiger partial charge < -0.3 is 20.9 Å². The number of amides is 3. The zero-order chi connectivity index (χ0) is 22.9. The van der Waals surface area contributed by atoms with Crippen molar-refractivity contribution in [3.05, 3.63) is 89.5 Å². The normalized spacial score (nSPS) is 10.3. The van der Waals surface area contributed by atoms with Crippen LogP contribution in [0.2, 0.25) is 0 Å². The first kappa shape index (κ1) is 22.9. The molecule has 166 valence electrons. The van der Waals surface area contributed by atoms with Crippen molar-refractivity contribution in [1.29, 1.82) is 0 Å². The number of para-hydroxylation sites is 1. The maximum atomic E-state index is 12.9. The van der Waals surface area contributed by atoms with Gasteiger partial charge in [-0.15, -0.1) is 0 Å². The molecule has 0 atom stereocenters. The summed E-state index contributed by atoms with van der Waals surface area (Å²) in [5, 5.41) is 8.71. The summed E-state index contributed by atoms with van der Waals surface area (Å²) in [5.41, 5.74) is 4.84. The van der Waals surface area contributed by atoms with Crippen molar-refractivity contribution in [2.24, 2.45) is 0 Å². The van der Waals surface area contributed by atoms with Crippen molar-refractivity contribution in [2.45, 2.75) is 19.8 Å². The van der Waals surface area contributed by atoms with Gasteiger partial charge in [0, 0.05) is 37.7 Å². The van der Waals surface area contributed by atoms with Crippen LogP contribution in [-0.2, 0) is 12.8 Å². The zero-order valence-electron chi connectivity index (χ0n) is 18.8. The van der Waals surface area contributed by atoms with E-state index < -0.39 is 0 Å². The van der Waals surface area contributed by atoms with Gasteiger partial charge in [-0.25, -0.2) is 4.79 Å². The van der Waals surface area contributed by atoms with Crippen LogP contribution in [0.25, 0.3) is 0 Å². The summed E-state index contributed by atoms with van der Waals surface area (Å²) in [6.07, 6.45) is 1.57. The van der Waals surface area contributed by atoms with E-state index in [4.69, 9.17) is 0 Å². The summed E-state index contributed by atoms with van der Waals surface area (Å²) >= 11 is 0. The molecule has 0 aliphatic carbocycles. The lowest BCUT2D eigenvalue weighted by Crippen LogP contribution is -2.28. The topological polar surface area (TPSA) is 73.5 Å².